The van der Waals surface area contributed by atoms with Gasteiger partial charge in [0.1, 0.15) is 11.4 Å². The van der Waals surface area contributed by atoms with E-state index in [0.29, 0.717) is 44.3 Å². The van der Waals surface area contributed by atoms with E-state index in [1.807, 2.05) is 0 Å². The maximum Gasteiger partial charge on any atom is 0.318 e. The predicted octanol–water partition coefficient (Wildman–Crippen LogP) is 5.94. The fraction of sp³-hybridized carbons (Fsp3) is 0.0417. The van der Waals surface area contributed by atoms with Gasteiger partial charge >= 0.3 is 5.91 Å². The number of aromatic hydroxyl groups is 1. The number of azo groups is 1. The number of halogens is 2. The highest BCUT2D eigenvalue weighted by Gasteiger charge is 2.24. The van der Waals surface area contributed by atoms with Gasteiger partial charge < -0.3 is 20.6 Å². The summed E-state index contributed by atoms with van der Waals surface area (Å²) >= 11 is 12.3. The third-order valence-electron chi connectivity index (χ3n) is 5.43. The smallest absolute Gasteiger partial charge is 0.318 e. The minimum atomic E-state index is -0.798. The number of carbonyl (C=O) groups excluding carboxylic acids is 1. The van der Waals surface area contributed by atoms with Crippen molar-refractivity contribution in [2.24, 2.45) is 10.2 Å². The molecule has 0 atom stereocenters. The van der Waals surface area contributed by atoms with Crippen molar-refractivity contribution < 1.29 is 14.6 Å². The first-order chi connectivity index (χ1) is 17.4. The Morgan fingerprint density at radius 2 is 1.92 bits per heavy atom. The van der Waals surface area contributed by atoms with Gasteiger partial charge in [-0.25, -0.2) is 4.68 Å². The fourth-order valence-corrected chi connectivity index (χ4v) is 3.99. The lowest BCUT2D eigenvalue weighted by Crippen LogP contribution is -2.05. The second-order valence-corrected chi connectivity index (χ2v) is 8.44. The third-order valence-corrected chi connectivity index (χ3v) is 6.17. The Kier molecular flexibility index (Phi) is 6.05. The summed E-state index contributed by atoms with van der Waals surface area (Å²) in [5.74, 6) is -0.497. The molecule has 2 aromatic heterocycles. The number of para-hydroxylation sites is 2. The molecule has 0 saturated heterocycles. The fourth-order valence-electron chi connectivity index (χ4n) is 3.69. The van der Waals surface area contributed by atoms with Gasteiger partial charge in [0.2, 0.25) is 5.88 Å². The number of benzene rings is 3. The molecule has 1 amide bonds. The van der Waals surface area contributed by atoms with Crippen LogP contribution in [0.3, 0.4) is 0 Å². The maximum absolute atomic E-state index is 13.2. The highest BCUT2D eigenvalue weighted by atomic mass is 35.5. The molecule has 4 N–H and O–H groups in total. The number of rotatable bonds is 5. The van der Waals surface area contributed by atoms with Crippen molar-refractivity contribution in [3.8, 4) is 28.6 Å². The number of carbonyl (C=O) groups is 1. The number of H-pyrrole nitrogens is 1. The van der Waals surface area contributed by atoms with E-state index in [-0.39, 0.29) is 22.3 Å². The minimum absolute atomic E-state index is 0.0769. The van der Waals surface area contributed by atoms with E-state index in [1.165, 1.54) is 11.8 Å². The Bertz CT molecular complexity index is 1660. The molecule has 0 unspecified atom stereocenters. The summed E-state index contributed by atoms with van der Waals surface area (Å²) in [4.78, 5) is 16.0. The van der Waals surface area contributed by atoms with Crippen LogP contribution in [0.4, 0.5) is 11.4 Å². The number of nitrogens with one attached hydrogen (secondary N) is 1. The van der Waals surface area contributed by atoms with Crippen molar-refractivity contribution in [3.63, 3.8) is 0 Å². The number of hydrogen-bond acceptors (Lipinski definition) is 7. The zero-order valence-electron chi connectivity index (χ0n) is 18.6. The molecule has 0 aliphatic heterocycles. The van der Waals surface area contributed by atoms with Crippen LogP contribution in [0.15, 0.2) is 70.9 Å². The molecule has 0 spiro atoms. The van der Waals surface area contributed by atoms with Crippen LogP contribution in [-0.2, 0) is 0 Å². The van der Waals surface area contributed by atoms with Gasteiger partial charge in [0.25, 0.3) is 0 Å². The molecular formula is C24H17Cl2N7O3. The monoisotopic (exact) mass is 521 g/mol. The first-order valence-corrected chi connectivity index (χ1v) is 11.2. The number of aromatic nitrogens is 4. The Balaban J connectivity index is 1.62. The van der Waals surface area contributed by atoms with Gasteiger partial charge in [0.05, 0.1) is 34.0 Å². The van der Waals surface area contributed by atoms with Crippen molar-refractivity contribution in [1.82, 2.24) is 20.0 Å². The maximum atomic E-state index is 13.2. The molecule has 0 bridgehead atoms. The highest BCUT2D eigenvalue weighted by Crippen LogP contribution is 2.38. The summed E-state index contributed by atoms with van der Waals surface area (Å²) in [6.07, 6.45) is 0. The first kappa shape index (κ1) is 23.3. The molecule has 3 aromatic carbocycles. The Hall–Kier alpha value is -4.41. The normalized spacial score (nSPS) is 11.4. The van der Waals surface area contributed by atoms with Gasteiger partial charge in [-0.2, -0.15) is 0 Å². The molecule has 0 aliphatic carbocycles. The van der Waals surface area contributed by atoms with E-state index in [0.717, 1.165) is 0 Å². The Labute approximate surface area is 213 Å². The molecule has 10 nitrogen and oxygen atoms in total. The number of amides is 1. The topological polar surface area (TPSA) is 144 Å². The molecule has 180 valence electrons. The number of aromatic amines is 1. The van der Waals surface area contributed by atoms with Gasteiger partial charge in [0, 0.05) is 10.9 Å². The lowest BCUT2D eigenvalue weighted by Gasteiger charge is -2.10. The van der Waals surface area contributed by atoms with Crippen LogP contribution < -0.4 is 10.5 Å². The van der Waals surface area contributed by atoms with E-state index < -0.39 is 5.91 Å². The Morgan fingerprint density at radius 3 is 2.67 bits per heavy atom. The summed E-state index contributed by atoms with van der Waals surface area (Å²) in [5.41, 5.74) is 8.45. The second-order valence-electron chi connectivity index (χ2n) is 7.63. The summed E-state index contributed by atoms with van der Waals surface area (Å²) in [7, 11) is 1.52. The third kappa shape index (κ3) is 4.12. The van der Waals surface area contributed by atoms with Crippen LogP contribution in [0.2, 0.25) is 10.0 Å². The SMILES string of the molecule is COc1ccc2[nH]c(O)c(N=NC(=O)c3nnn(-c4ccccc4N)c3-c3ccc(Cl)c(Cl)c3)c2c1. The molecule has 2 heterocycles. The van der Waals surface area contributed by atoms with Crippen LogP contribution in [0.25, 0.3) is 27.8 Å². The molecule has 0 radical (unpaired) electrons. The molecule has 5 aromatic rings. The zero-order chi connectivity index (χ0) is 25.4. The van der Waals surface area contributed by atoms with Gasteiger partial charge in [-0.3, -0.25) is 4.79 Å². The van der Waals surface area contributed by atoms with E-state index in [1.54, 1.807) is 60.7 Å². The van der Waals surface area contributed by atoms with Crippen molar-refractivity contribution in [2.75, 3.05) is 12.8 Å². The second kappa shape index (κ2) is 9.33. The summed E-state index contributed by atoms with van der Waals surface area (Å²) in [6, 6.07) is 17.0. The number of nitrogens with zero attached hydrogens (tertiary/aromatic N) is 5. The molecule has 5 rings (SSSR count). The van der Waals surface area contributed by atoms with Crippen LogP contribution in [0.5, 0.6) is 11.6 Å². The van der Waals surface area contributed by atoms with Crippen molar-refractivity contribution in [3.05, 3.63) is 76.4 Å². The number of ether oxygens (including phenoxy) is 1. The van der Waals surface area contributed by atoms with Crippen LogP contribution in [0.1, 0.15) is 10.5 Å². The Morgan fingerprint density at radius 1 is 1.11 bits per heavy atom. The van der Waals surface area contributed by atoms with E-state index >= 15 is 0 Å². The van der Waals surface area contributed by atoms with Crippen molar-refractivity contribution in [1.29, 1.82) is 0 Å². The lowest BCUT2D eigenvalue weighted by molar-refractivity contribution is 0.0991. The summed E-state index contributed by atoms with van der Waals surface area (Å²) in [6.45, 7) is 0. The highest BCUT2D eigenvalue weighted by molar-refractivity contribution is 6.42. The van der Waals surface area contributed by atoms with Crippen LogP contribution >= 0.6 is 23.2 Å². The largest absolute Gasteiger partial charge is 0.497 e. The molecule has 12 heteroatoms. The molecule has 0 saturated carbocycles. The number of hydrogen-bond donors (Lipinski definition) is 3. The molecule has 36 heavy (non-hydrogen) atoms. The van der Waals surface area contributed by atoms with Gasteiger partial charge in [-0.15, -0.1) is 15.3 Å². The van der Waals surface area contributed by atoms with E-state index in [4.69, 9.17) is 33.7 Å². The standard InChI is InChI=1S/C24H17Cl2N7O3/c1-36-13-7-9-18-14(11-13)20(23(34)28-18)29-31-24(35)21-22(12-6-8-15(25)16(26)10-12)33(32-30-21)19-5-3-2-4-17(19)27/h2-11,28,34H,27H2,1H3. The number of fused-ring (bicyclic) bond motifs is 1. The molecular weight excluding hydrogens is 505 g/mol. The summed E-state index contributed by atoms with van der Waals surface area (Å²) < 4.78 is 6.65. The average Bonchev–Trinajstić information content (AvgIpc) is 3.45. The number of anilines is 1. The van der Waals surface area contributed by atoms with Gasteiger partial charge in [-0.1, -0.05) is 46.6 Å². The lowest BCUT2D eigenvalue weighted by atomic mass is 10.1. The quantitative estimate of drug-likeness (QED) is 0.192. The summed E-state index contributed by atoms with van der Waals surface area (Å²) in [5, 5.41) is 27.5. The molecule has 0 fully saturated rings. The average molecular weight is 522 g/mol. The number of methoxy groups -OCH3 is 1. The molecule has 0 aliphatic rings. The van der Waals surface area contributed by atoms with E-state index in [2.05, 4.69) is 25.5 Å². The number of nitrogens with two attached hydrogens (primary N) is 1. The first-order valence-electron chi connectivity index (χ1n) is 10.5. The van der Waals surface area contributed by atoms with E-state index in [9.17, 15) is 9.90 Å². The minimum Gasteiger partial charge on any atom is -0.497 e. The zero-order valence-corrected chi connectivity index (χ0v) is 20.1. The van der Waals surface area contributed by atoms with Gasteiger partial charge in [-0.05, 0) is 42.5 Å². The number of nitrogen functional groups attached to an aromatic ring is 1. The van der Waals surface area contributed by atoms with Crippen molar-refractivity contribution >= 4 is 51.4 Å². The van der Waals surface area contributed by atoms with Gasteiger partial charge in [0.15, 0.2) is 11.4 Å². The predicted molar refractivity (Wildman–Crippen MR) is 137 cm³/mol. The van der Waals surface area contributed by atoms with Crippen LogP contribution in [0, 0.1) is 0 Å². The van der Waals surface area contributed by atoms with Crippen LogP contribution in [-0.4, -0.2) is 38.1 Å². The van der Waals surface area contributed by atoms with Crippen molar-refractivity contribution in [2.45, 2.75) is 0 Å².